The average molecular weight is 236 g/mol. The maximum Gasteiger partial charge on any atom is 0.259 e. The number of piperidine rings is 1. The maximum absolute atomic E-state index is 12.2. The van der Waals surface area contributed by atoms with E-state index in [0.29, 0.717) is 6.54 Å². The molecule has 0 bridgehead atoms. The van der Waals surface area contributed by atoms with Crippen molar-refractivity contribution < 1.29 is 9.90 Å². The van der Waals surface area contributed by atoms with Crippen molar-refractivity contribution in [1.29, 1.82) is 0 Å². The predicted octanol–water partition coefficient (Wildman–Crippen LogP) is 0.362. The van der Waals surface area contributed by atoms with Gasteiger partial charge in [0.05, 0.1) is 12.6 Å². The van der Waals surface area contributed by atoms with Crippen molar-refractivity contribution in [2.45, 2.75) is 25.3 Å². The number of pyridine rings is 1. The minimum Gasteiger partial charge on any atom is -0.394 e. The van der Waals surface area contributed by atoms with Gasteiger partial charge in [-0.25, -0.2) is 0 Å². The Hall–Kier alpha value is -1.62. The number of likely N-dealkylation sites (tertiary alicyclic amines) is 1. The molecule has 17 heavy (non-hydrogen) atoms. The van der Waals surface area contributed by atoms with E-state index >= 15 is 0 Å². The number of carbonyl (C=O) groups is 1. The summed E-state index contributed by atoms with van der Waals surface area (Å²) >= 11 is 0. The lowest BCUT2D eigenvalue weighted by Crippen LogP contribution is -2.46. The summed E-state index contributed by atoms with van der Waals surface area (Å²) < 4.78 is 0. The third kappa shape index (κ3) is 2.39. The quantitative estimate of drug-likeness (QED) is 0.778. The minimum absolute atomic E-state index is 0.0452. The summed E-state index contributed by atoms with van der Waals surface area (Å²) in [6.07, 6.45) is 5.66. The smallest absolute Gasteiger partial charge is 0.259 e. The molecule has 1 aliphatic heterocycles. The van der Waals surface area contributed by atoms with Gasteiger partial charge in [-0.1, -0.05) is 0 Å². The molecule has 1 aromatic rings. The number of hydrogen-bond acceptors (Lipinski definition) is 3. The zero-order valence-corrected chi connectivity index (χ0v) is 9.56. The van der Waals surface area contributed by atoms with Gasteiger partial charge in [0.15, 0.2) is 5.43 Å². The third-order valence-corrected chi connectivity index (χ3v) is 3.15. The zero-order chi connectivity index (χ0) is 12.3. The van der Waals surface area contributed by atoms with Crippen LogP contribution in [0.5, 0.6) is 0 Å². The second-order valence-corrected chi connectivity index (χ2v) is 4.25. The first-order valence-corrected chi connectivity index (χ1v) is 5.83. The van der Waals surface area contributed by atoms with Crippen LogP contribution in [0, 0.1) is 0 Å². The summed E-state index contributed by atoms with van der Waals surface area (Å²) in [5.74, 6) is -0.286. The second kappa shape index (κ2) is 5.14. The van der Waals surface area contributed by atoms with Crippen LogP contribution >= 0.6 is 0 Å². The highest BCUT2D eigenvalue weighted by Crippen LogP contribution is 2.18. The first-order chi connectivity index (χ1) is 8.24. The number of nitrogens with zero attached hydrogens (tertiary/aromatic N) is 1. The Morgan fingerprint density at radius 1 is 1.53 bits per heavy atom. The fraction of sp³-hybridized carbons (Fsp3) is 0.500. The molecule has 0 saturated carbocycles. The summed E-state index contributed by atoms with van der Waals surface area (Å²) in [6, 6.07) is 1.18. The van der Waals surface area contributed by atoms with Gasteiger partial charge >= 0.3 is 0 Å². The fourth-order valence-electron chi connectivity index (χ4n) is 2.20. The van der Waals surface area contributed by atoms with Crippen LogP contribution in [0.1, 0.15) is 29.6 Å². The molecule has 0 spiro atoms. The Bertz CT molecular complexity index is 455. The second-order valence-electron chi connectivity index (χ2n) is 4.25. The average Bonchev–Trinajstić information content (AvgIpc) is 2.38. The SMILES string of the molecule is O=C(c1c[nH]ccc1=O)N1CCCCC1CO. The molecule has 2 rings (SSSR count). The van der Waals surface area contributed by atoms with Crippen LogP contribution in [0.3, 0.4) is 0 Å². The lowest BCUT2D eigenvalue weighted by atomic mass is 10.0. The summed E-state index contributed by atoms with van der Waals surface area (Å²) in [7, 11) is 0. The van der Waals surface area contributed by atoms with Crippen molar-refractivity contribution in [3.63, 3.8) is 0 Å². The number of aromatic nitrogens is 1. The van der Waals surface area contributed by atoms with Gasteiger partial charge in [0.1, 0.15) is 5.56 Å². The lowest BCUT2D eigenvalue weighted by molar-refractivity contribution is 0.0501. The molecule has 2 N–H and O–H groups in total. The first kappa shape index (κ1) is 11.9. The molecule has 5 heteroatoms. The van der Waals surface area contributed by atoms with Crippen molar-refractivity contribution in [2.24, 2.45) is 0 Å². The van der Waals surface area contributed by atoms with Gasteiger partial charge in [-0.05, 0) is 19.3 Å². The molecule has 0 aliphatic carbocycles. The van der Waals surface area contributed by atoms with Gasteiger partial charge in [-0.2, -0.15) is 0 Å². The van der Waals surface area contributed by atoms with E-state index in [4.69, 9.17) is 0 Å². The number of amides is 1. The van der Waals surface area contributed by atoms with E-state index in [-0.39, 0.29) is 29.5 Å². The predicted molar refractivity (Wildman–Crippen MR) is 62.8 cm³/mol. The van der Waals surface area contributed by atoms with E-state index in [2.05, 4.69) is 4.98 Å². The number of rotatable bonds is 2. The van der Waals surface area contributed by atoms with Gasteiger partial charge in [0, 0.05) is 25.0 Å². The molecule has 92 valence electrons. The third-order valence-electron chi connectivity index (χ3n) is 3.15. The van der Waals surface area contributed by atoms with Crippen molar-refractivity contribution >= 4 is 5.91 Å². The molecule has 5 nitrogen and oxygen atoms in total. The molecular weight excluding hydrogens is 220 g/mol. The molecule has 0 aromatic carbocycles. The molecule has 1 amide bonds. The largest absolute Gasteiger partial charge is 0.394 e. The van der Waals surface area contributed by atoms with Gasteiger partial charge in [0.2, 0.25) is 0 Å². The van der Waals surface area contributed by atoms with Gasteiger partial charge in [0.25, 0.3) is 5.91 Å². The van der Waals surface area contributed by atoms with Crippen LogP contribution in [0.25, 0.3) is 0 Å². The number of aliphatic hydroxyl groups excluding tert-OH is 1. The molecule has 1 aromatic heterocycles. The molecule has 1 atom stereocenters. The number of H-pyrrole nitrogens is 1. The van der Waals surface area contributed by atoms with Gasteiger partial charge in [-0.3, -0.25) is 9.59 Å². The van der Waals surface area contributed by atoms with Crippen molar-refractivity contribution in [1.82, 2.24) is 9.88 Å². The summed E-state index contributed by atoms with van der Waals surface area (Å²) in [5, 5.41) is 9.25. The summed E-state index contributed by atoms with van der Waals surface area (Å²) in [4.78, 5) is 28.1. The fourth-order valence-corrected chi connectivity index (χ4v) is 2.20. The first-order valence-electron chi connectivity index (χ1n) is 5.83. The number of carbonyl (C=O) groups excluding carboxylic acids is 1. The van der Waals surface area contributed by atoms with Crippen LogP contribution in [-0.4, -0.2) is 40.1 Å². The number of nitrogens with one attached hydrogen (secondary N) is 1. The Balaban J connectivity index is 2.24. The normalized spacial score (nSPS) is 20.3. The van der Waals surface area contributed by atoms with Crippen molar-refractivity contribution in [3.8, 4) is 0 Å². The highest BCUT2D eigenvalue weighted by atomic mass is 16.3. The molecule has 2 heterocycles. The van der Waals surface area contributed by atoms with E-state index in [1.165, 1.54) is 18.5 Å². The number of aliphatic hydroxyl groups is 1. The van der Waals surface area contributed by atoms with Gasteiger partial charge < -0.3 is 15.0 Å². The van der Waals surface area contributed by atoms with E-state index in [0.717, 1.165) is 19.3 Å². The van der Waals surface area contributed by atoms with Crippen molar-refractivity contribution in [2.75, 3.05) is 13.2 Å². The summed E-state index contributed by atoms with van der Waals surface area (Å²) in [6.45, 7) is 0.564. The maximum atomic E-state index is 12.2. The van der Waals surface area contributed by atoms with Crippen LogP contribution in [0.2, 0.25) is 0 Å². The minimum atomic E-state index is -0.286. The van der Waals surface area contributed by atoms with E-state index in [9.17, 15) is 14.7 Å². The highest BCUT2D eigenvalue weighted by Gasteiger charge is 2.27. The van der Waals surface area contributed by atoms with Crippen LogP contribution in [0.15, 0.2) is 23.3 Å². The molecule has 1 aliphatic rings. The van der Waals surface area contributed by atoms with E-state index in [1.54, 1.807) is 4.90 Å². The highest BCUT2D eigenvalue weighted by molar-refractivity contribution is 5.94. The monoisotopic (exact) mass is 236 g/mol. The molecule has 1 saturated heterocycles. The summed E-state index contributed by atoms with van der Waals surface area (Å²) in [5.41, 5.74) is -0.135. The van der Waals surface area contributed by atoms with Crippen molar-refractivity contribution in [3.05, 3.63) is 34.2 Å². The molecular formula is C12H16N2O3. The molecule has 1 fully saturated rings. The van der Waals surface area contributed by atoms with Crippen LogP contribution in [-0.2, 0) is 0 Å². The topological polar surface area (TPSA) is 73.4 Å². The standard InChI is InChI=1S/C12H16N2O3/c15-8-9-3-1-2-6-14(9)12(17)10-7-13-5-4-11(10)16/h4-5,7,9,15H,1-3,6,8H2,(H,13,16). The Labute approximate surface area is 99.1 Å². The number of hydrogen-bond donors (Lipinski definition) is 2. The van der Waals surface area contributed by atoms with Gasteiger partial charge in [-0.15, -0.1) is 0 Å². The number of aromatic amines is 1. The molecule has 1 unspecified atom stereocenters. The van der Waals surface area contributed by atoms with Crippen LogP contribution < -0.4 is 5.43 Å². The lowest BCUT2D eigenvalue weighted by Gasteiger charge is -2.34. The zero-order valence-electron chi connectivity index (χ0n) is 9.56. The Kier molecular flexibility index (Phi) is 3.58. The molecule has 0 radical (unpaired) electrons. The Morgan fingerprint density at radius 2 is 2.35 bits per heavy atom. The van der Waals surface area contributed by atoms with E-state index < -0.39 is 0 Å². The van der Waals surface area contributed by atoms with E-state index in [1.807, 2.05) is 0 Å². The Morgan fingerprint density at radius 3 is 3.06 bits per heavy atom. The van der Waals surface area contributed by atoms with Crippen LogP contribution in [0.4, 0.5) is 0 Å².